The molecule has 3 heteroatoms. The molecule has 0 fully saturated rings. The van der Waals surface area contributed by atoms with Crippen LogP contribution in [-0.4, -0.2) is 18.9 Å². The Morgan fingerprint density at radius 1 is 0.759 bits per heavy atom. The van der Waals surface area contributed by atoms with Gasteiger partial charge < -0.3 is 10.1 Å². The third-order valence-electron chi connectivity index (χ3n) is 4.87. The molecule has 3 nitrogen and oxygen atoms in total. The third kappa shape index (κ3) is 4.71. The standard InChI is InChI=1S/C26H23NO2/c28-26(25-12-6-10-21-9-4-5-11-24(21)25)22-13-15-23(16-14-22)29-18-17-27-19-20-7-2-1-3-8-20/h1-16,27H,17-19H2. The predicted molar refractivity (Wildman–Crippen MR) is 117 cm³/mol. The number of nitrogens with one attached hydrogen (secondary N) is 1. The fourth-order valence-corrected chi connectivity index (χ4v) is 3.35. The molecule has 144 valence electrons. The van der Waals surface area contributed by atoms with Gasteiger partial charge in [0.25, 0.3) is 0 Å². The average molecular weight is 381 g/mol. The molecular formula is C26H23NO2. The molecule has 0 saturated carbocycles. The number of ketones is 1. The third-order valence-corrected chi connectivity index (χ3v) is 4.87. The highest BCUT2D eigenvalue weighted by Crippen LogP contribution is 2.22. The number of carbonyl (C=O) groups is 1. The summed E-state index contributed by atoms with van der Waals surface area (Å²) in [4.78, 5) is 13.0. The minimum atomic E-state index is 0.0258. The second-order valence-corrected chi connectivity index (χ2v) is 6.89. The first-order chi connectivity index (χ1) is 14.3. The highest BCUT2D eigenvalue weighted by atomic mass is 16.5. The fourth-order valence-electron chi connectivity index (χ4n) is 3.35. The monoisotopic (exact) mass is 381 g/mol. The van der Waals surface area contributed by atoms with E-state index in [2.05, 4.69) is 17.4 Å². The van der Waals surface area contributed by atoms with Crippen LogP contribution in [0.4, 0.5) is 0 Å². The molecule has 4 aromatic rings. The average Bonchev–Trinajstić information content (AvgIpc) is 2.79. The number of rotatable bonds is 8. The maximum Gasteiger partial charge on any atom is 0.193 e. The first-order valence-corrected chi connectivity index (χ1v) is 9.81. The number of hydrogen-bond donors (Lipinski definition) is 1. The van der Waals surface area contributed by atoms with Crippen molar-refractivity contribution >= 4 is 16.6 Å². The second kappa shape index (κ2) is 9.18. The fraction of sp³-hybridized carbons (Fsp3) is 0.115. The summed E-state index contributed by atoms with van der Waals surface area (Å²) >= 11 is 0. The van der Waals surface area contributed by atoms with E-state index in [9.17, 15) is 4.79 Å². The van der Waals surface area contributed by atoms with Crippen LogP contribution in [-0.2, 0) is 6.54 Å². The molecule has 0 spiro atoms. The van der Waals surface area contributed by atoms with Gasteiger partial charge >= 0.3 is 0 Å². The molecule has 0 heterocycles. The summed E-state index contributed by atoms with van der Waals surface area (Å²) in [6.45, 7) is 2.15. The van der Waals surface area contributed by atoms with E-state index in [1.807, 2.05) is 84.9 Å². The lowest BCUT2D eigenvalue weighted by molar-refractivity contribution is 0.104. The van der Waals surface area contributed by atoms with Gasteiger partial charge in [-0.3, -0.25) is 4.79 Å². The van der Waals surface area contributed by atoms with Gasteiger partial charge in [0.2, 0.25) is 0 Å². The molecule has 0 aliphatic heterocycles. The molecule has 4 rings (SSSR count). The summed E-state index contributed by atoms with van der Waals surface area (Å²) in [7, 11) is 0. The highest BCUT2D eigenvalue weighted by Gasteiger charge is 2.12. The maximum atomic E-state index is 13.0. The predicted octanol–water partition coefficient (Wildman–Crippen LogP) is 5.24. The summed E-state index contributed by atoms with van der Waals surface area (Å²) < 4.78 is 5.78. The Kier molecular flexibility index (Phi) is 5.98. The molecule has 0 bridgehead atoms. The zero-order valence-corrected chi connectivity index (χ0v) is 16.2. The van der Waals surface area contributed by atoms with Crippen LogP contribution in [0, 0.1) is 0 Å². The van der Waals surface area contributed by atoms with E-state index < -0.39 is 0 Å². The summed E-state index contributed by atoms with van der Waals surface area (Å²) in [5, 5.41) is 5.41. The molecule has 0 unspecified atom stereocenters. The van der Waals surface area contributed by atoms with Crippen molar-refractivity contribution in [2.45, 2.75) is 6.54 Å². The molecular weight excluding hydrogens is 358 g/mol. The van der Waals surface area contributed by atoms with Crippen molar-refractivity contribution in [1.29, 1.82) is 0 Å². The van der Waals surface area contributed by atoms with Gasteiger partial charge in [-0.15, -0.1) is 0 Å². The van der Waals surface area contributed by atoms with Gasteiger partial charge in [-0.25, -0.2) is 0 Å². The number of benzene rings is 4. The number of carbonyl (C=O) groups excluding carboxylic acids is 1. The van der Waals surface area contributed by atoms with E-state index in [1.165, 1.54) is 5.56 Å². The molecule has 0 aliphatic rings. The molecule has 0 saturated heterocycles. The summed E-state index contributed by atoms with van der Waals surface area (Å²) in [5.74, 6) is 0.791. The molecule has 1 N–H and O–H groups in total. The van der Waals surface area contributed by atoms with E-state index in [4.69, 9.17) is 4.74 Å². The van der Waals surface area contributed by atoms with E-state index in [1.54, 1.807) is 0 Å². The van der Waals surface area contributed by atoms with Gasteiger partial charge in [-0.1, -0.05) is 72.8 Å². The van der Waals surface area contributed by atoms with Crippen LogP contribution in [0.25, 0.3) is 10.8 Å². The van der Waals surface area contributed by atoms with Crippen LogP contribution >= 0.6 is 0 Å². The lowest BCUT2D eigenvalue weighted by Gasteiger charge is -2.09. The van der Waals surface area contributed by atoms with Gasteiger partial charge in [-0.05, 0) is 40.6 Å². The SMILES string of the molecule is O=C(c1ccc(OCCNCc2ccccc2)cc1)c1cccc2ccccc12. The molecule has 0 atom stereocenters. The quantitative estimate of drug-likeness (QED) is 0.335. The van der Waals surface area contributed by atoms with E-state index in [0.29, 0.717) is 12.2 Å². The number of hydrogen-bond acceptors (Lipinski definition) is 3. The topological polar surface area (TPSA) is 38.3 Å². The van der Waals surface area contributed by atoms with Crippen LogP contribution in [0.15, 0.2) is 97.1 Å². The van der Waals surface area contributed by atoms with Gasteiger partial charge in [0.1, 0.15) is 12.4 Å². The van der Waals surface area contributed by atoms with Crippen molar-refractivity contribution < 1.29 is 9.53 Å². The van der Waals surface area contributed by atoms with Crippen molar-refractivity contribution in [2.24, 2.45) is 0 Å². The molecule has 0 aliphatic carbocycles. The maximum absolute atomic E-state index is 13.0. The Balaban J connectivity index is 1.33. The minimum Gasteiger partial charge on any atom is -0.492 e. The van der Waals surface area contributed by atoms with Crippen LogP contribution < -0.4 is 10.1 Å². The Morgan fingerprint density at radius 3 is 2.31 bits per heavy atom. The van der Waals surface area contributed by atoms with Gasteiger partial charge in [0.05, 0.1) is 0 Å². The Labute approximate surface area is 171 Å². The lowest BCUT2D eigenvalue weighted by atomic mass is 9.97. The zero-order chi connectivity index (χ0) is 19.9. The zero-order valence-electron chi connectivity index (χ0n) is 16.2. The van der Waals surface area contributed by atoms with Gasteiger partial charge in [0, 0.05) is 24.2 Å². The van der Waals surface area contributed by atoms with Crippen molar-refractivity contribution in [1.82, 2.24) is 5.32 Å². The van der Waals surface area contributed by atoms with E-state index >= 15 is 0 Å². The summed E-state index contributed by atoms with van der Waals surface area (Å²) in [5.41, 5.74) is 2.64. The van der Waals surface area contributed by atoms with E-state index in [-0.39, 0.29) is 5.78 Å². The van der Waals surface area contributed by atoms with Crippen LogP contribution in [0.2, 0.25) is 0 Å². The number of ether oxygens (including phenoxy) is 1. The highest BCUT2D eigenvalue weighted by molar-refractivity contribution is 6.16. The first kappa shape index (κ1) is 18.9. The molecule has 0 amide bonds. The van der Waals surface area contributed by atoms with Crippen molar-refractivity contribution in [3.05, 3.63) is 114 Å². The van der Waals surface area contributed by atoms with Crippen molar-refractivity contribution in [3.63, 3.8) is 0 Å². The minimum absolute atomic E-state index is 0.0258. The van der Waals surface area contributed by atoms with Gasteiger partial charge in [0.15, 0.2) is 5.78 Å². The summed E-state index contributed by atoms with van der Waals surface area (Å²) in [6.07, 6.45) is 0. The molecule has 4 aromatic carbocycles. The Bertz CT molecular complexity index is 1080. The smallest absolute Gasteiger partial charge is 0.193 e. The summed E-state index contributed by atoms with van der Waals surface area (Å²) in [6, 6.07) is 31.4. The number of fused-ring (bicyclic) bond motifs is 1. The molecule has 0 aromatic heterocycles. The molecule has 0 radical (unpaired) electrons. The lowest BCUT2D eigenvalue weighted by Crippen LogP contribution is -2.20. The van der Waals surface area contributed by atoms with Crippen LogP contribution in [0.5, 0.6) is 5.75 Å². The van der Waals surface area contributed by atoms with Gasteiger partial charge in [-0.2, -0.15) is 0 Å². The normalized spacial score (nSPS) is 10.8. The molecule has 29 heavy (non-hydrogen) atoms. The Hall–Kier alpha value is -3.43. The van der Waals surface area contributed by atoms with Crippen LogP contribution in [0.1, 0.15) is 21.5 Å². The van der Waals surface area contributed by atoms with Crippen molar-refractivity contribution in [2.75, 3.05) is 13.2 Å². The Morgan fingerprint density at radius 2 is 1.48 bits per heavy atom. The van der Waals surface area contributed by atoms with Crippen LogP contribution in [0.3, 0.4) is 0 Å². The van der Waals surface area contributed by atoms with Crippen molar-refractivity contribution in [3.8, 4) is 5.75 Å². The largest absolute Gasteiger partial charge is 0.492 e. The second-order valence-electron chi connectivity index (χ2n) is 6.89. The first-order valence-electron chi connectivity index (χ1n) is 9.81. The van der Waals surface area contributed by atoms with E-state index in [0.717, 1.165) is 35.2 Å².